The second-order valence-electron chi connectivity index (χ2n) is 4.76. The molecular formula is C11H18N4O. The quantitative estimate of drug-likeness (QED) is 0.689. The molecule has 88 valence electrons. The monoisotopic (exact) mass is 222 g/mol. The molecule has 1 aliphatic rings. The highest BCUT2D eigenvalue weighted by atomic mass is 16.2. The van der Waals surface area contributed by atoms with Gasteiger partial charge in [-0.25, -0.2) is 4.98 Å². The van der Waals surface area contributed by atoms with E-state index in [2.05, 4.69) is 22.2 Å². The van der Waals surface area contributed by atoms with Crippen LogP contribution in [0.5, 0.6) is 0 Å². The van der Waals surface area contributed by atoms with E-state index in [1.54, 1.807) is 12.5 Å². The lowest BCUT2D eigenvalue weighted by molar-refractivity contribution is -0.138. The molecule has 1 fully saturated rings. The minimum atomic E-state index is -0.320. The van der Waals surface area contributed by atoms with Gasteiger partial charge in [0.2, 0.25) is 5.91 Å². The van der Waals surface area contributed by atoms with Gasteiger partial charge in [-0.2, -0.15) is 0 Å². The number of hydrogen-bond acceptors (Lipinski definition) is 3. The normalized spacial score (nSPS) is 28.5. The van der Waals surface area contributed by atoms with Crippen LogP contribution in [0.2, 0.25) is 0 Å². The second-order valence-corrected chi connectivity index (χ2v) is 4.76. The highest BCUT2D eigenvalue weighted by Gasteiger charge is 2.46. The summed E-state index contributed by atoms with van der Waals surface area (Å²) >= 11 is 0. The topological polar surface area (TPSA) is 83.8 Å². The molecule has 0 bridgehead atoms. The fourth-order valence-corrected chi connectivity index (χ4v) is 2.46. The lowest BCUT2D eigenvalue weighted by Crippen LogP contribution is -2.53. The van der Waals surface area contributed by atoms with Crippen molar-refractivity contribution in [3.05, 3.63) is 18.2 Å². The van der Waals surface area contributed by atoms with Crippen molar-refractivity contribution in [3.63, 3.8) is 0 Å². The molecule has 0 atom stereocenters. The third kappa shape index (κ3) is 1.95. The van der Waals surface area contributed by atoms with Crippen LogP contribution in [0.4, 0.5) is 0 Å². The minimum Gasteiger partial charge on any atom is -0.350 e. The molecule has 1 saturated carbocycles. The summed E-state index contributed by atoms with van der Waals surface area (Å²) in [6.07, 6.45) is 5.11. The highest BCUT2D eigenvalue weighted by molar-refractivity contribution is 5.83. The number of nitrogens with two attached hydrogens (primary N) is 1. The van der Waals surface area contributed by atoms with Crippen molar-refractivity contribution in [1.29, 1.82) is 0 Å². The highest BCUT2D eigenvalue weighted by Crippen LogP contribution is 2.44. The Balaban J connectivity index is 1.88. The van der Waals surface area contributed by atoms with Crippen molar-refractivity contribution >= 4 is 5.91 Å². The molecule has 1 amide bonds. The van der Waals surface area contributed by atoms with Crippen molar-refractivity contribution in [1.82, 2.24) is 15.3 Å². The van der Waals surface area contributed by atoms with Gasteiger partial charge in [0.25, 0.3) is 0 Å². The summed E-state index contributed by atoms with van der Waals surface area (Å²) in [7, 11) is 0. The number of rotatable bonds is 4. The number of aromatic nitrogens is 2. The molecule has 1 heterocycles. The van der Waals surface area contributed by atoms with E-state index in [0.717, 1.165) is 18.5 Å². The van der Waals surface area contributed by atoms with Gasteiger partial charge in [-0.3, -0.25) is 4.79 Å². The maximum atomic E-state index is 12.0. The predicted octanol–water partition coefficient (Wildman–Crippen LogP) is 0.401. The maximum Gasteiger partial charge on any atom is 0.227 e. The standard InChI is InChI=1S/C11H18N4O/c1-8-2-11(3-8,6-12)10(16)14-5-9-4-13-7-15-9/h4,7-8H,2-3,5-6,12H2,1H3,(H,13,15)(H,14,16). The molecule has 5 heteroatoms. The SMILES string of the molecule is CC1CC(CN)(C(=O)NCc2cnc[nH]2)C1. The molecule has 0 radical (unpaired) electrons. The van der Waals surface area contributed by atoms with E-state index < -0.39 is 0 Å². The lowest BCUT2D eigenvalue weighted by Gasteiger charge is -2.44. The first-order valence-electron chi connectivity index (χ1n) is 5.62. The zero-order valence-electron chi connectivity index (χ0n) is 9.49. The van der Waals surface area contributed by atoms with E-state index in [1.165, 1.54) is 0 Å². The lowest BCUT2D eigenvalue weighted by atomic mass is 9.62. The Labute approximate surface area is 94.8 Å². The summed E-state index contributed by atoms with van der Waals surface area (Å²) in [6, 6.07) is 0. The largest absolute Gasteiger partial charge is 0.350 e. The van der Waals surface area contributed by atoms with E-state index in [4.69, 9.17) is 5.73 Å². The number of H-pyrrole nitrogens is 1. The van der Waals surface area contributed by atoms with E-state index >= 15 is 0 Å². The van der Waals surface area contributed by atoms with Gasteiger partial charge in [0.1, 0.15) is 0 Å². The van der Waals surface area contributed by atoms with Crippen LogP contribution in [0, 0.1) is 11.3 Å². The molecular weight excluding hydrogens is 204 g/mol. The van der Waals surface area contributed by atoms with Gasteiger partial charge < -0.3 is 16.0 Å². The molecule has 0 aliphatic heterocycles. The summed E-state index contributed by atoms with van der Waals surface area (Å²) < 4.78 is 0. The Morgan fingerprint density at radius 1 is 1.75 bits per heavy atom. The van der Waals surface area contributed by atoms with Crippen LogP contribution in [0.1, 0.15) is 25.5 Å². The summed E-state index contributed by atoms with van der Waals surface area (Å²) in [5.41, 5.74) is 6.29. The van der Waals surface area contributed by atoms with Crippen LogP contribution in [0.3, 0.4) is 0 Å². The van der Waals surface area contributed by atoms with Crippen LogP contribution in [-0.4, -0.2) is 22.4 Å². The first-order chi connectivity index (χ1) is 7.66. The molecule has 0 spiro atoms. The molecule has 0 unspecified atom stereocenters. The third-order valence-electron chi connectivity index (χ3n) is 3.35. The van der Waals surface area contributed by atoms with Crippen molar-refractivity contribution in [2.24, 2.45) is 17.1 Å². The Hall–Kier alpha value is -1.36. The molecule has 16 heavy (non-hydrogen) atoms. The van der Waals surface area contributed by atoms with Crippen molar-refractivity contribution in [2.75, 3.05) is 6.54 Å². The molecule has 1 aliphatic carbocycles. The Bertz CT molecular complexity index is 354. The first-order valence-corrected chi connectivity index (χ1v) is 5.62. The molecule has 0 saturated heterocycles. The van der Waals surface area contributed by atoms with Gasteiger partial charge in [-0.1, -0.05) is 6.92 Å². The van der Waals surface area contributed by atoms with Crippen LogP contribution in [-0.2, 0) is 11.3 Å². The van der Waals surface area contributed by atoms with Crippen LogP contribution < -0.4 is 11.1 Å². The number of nitrogens with zero attached hydrogens (tertiary/aromatic N) is 1. The van der Waals surface area contributed by atoms with E-state index in [9.17, 15) is 4.79 Å². The number of amides is 1. The summed E-state index contributed by atoms with van der Waals surface area (Å²) in [6.45, 7) is 3.08. The summed E-state index contributed by atoms with van der Waals surface area (Å²) in [4.78, 5) is 18.8. The van der Waals surface area contributed by atoms with Crippen LogP contribution >= 0.6 is 0 Å². The zero-order valence-corrected chi connectivity index (χ0v) is 9.49. The second kappa shape index (κ2) is 4.25. The third-order valence-corrected chi connectivity index (χ3v) is 3.35. The Kier molecular flexibility index (Phi) is 2.96. The number of nitrogens with one attached hydrogen (secondary N) is 2. The summed E-state index contributed by atoms with van der Waals surface area (Å²) in [5, 5.41) is 2.91. The number of imidazole rings is 1. The van der Waals surface area contributed by atoms with Gasteiger partial charge in [0.15, 0.2) is 0 Å². The zero-order chi connectivity index (χ0) is 11.6. The average molecular weight is 222 g/mol. The fourth-order valence-electron chi connectivity index (χ4n) is 2.46. The van der Waals surface area contributed by atoms with Gasteiger partial charge >= 0.3 is 0 Å². The van der Waals surface area contributed by atoms with E-state index in [0.29, 0.717) is 19.0 Å². The molecule has 1 aromatic rings. The fraction of sp³-hybridized carbons (Fsp3) is 0.636. The van der Waals surface area contributed by atoms with Gasteiger partial charge in [-0.05, 0) is 18.8 Å². The van der Waals surface area contributed by atoms with E-state index in [1.807, 2.05) is 0 Å². The average Bonchev–Trinajstić information content (AvgIpc) is 2.73. The predicted molar refractivity (Wildman–Crippen MR) is 60.3 cm³/mol. The number of carbonyl (C=O) groups is 1. The Morgan fingerprint density at radius 3 is 3.00 bits per heavy atom. The van der Waals surface area contributed by atoms with Gasteiger partial charge in [0.05, 0.1) is 24.0 Å². The minimum absolute atomic E-state index is 0.0719. The van der Waals surface area contributed by atoms with Crippen molar-refractivity contribution in [2.45, 2.75) is 26.3 Å². The van der Waals surface area contributed by atoms with Crippen LogP contribution in [0.25, 0.3) is 0 Å². The van der Waals surface area contributed by atoms with Gasteiger partial charge in [-0.15, -0.1) is 0 Å². The molecule has 1 aromatic heterocycles. The van der Waals surface area contributed by atoms with Crippen molar-refractivity contribution < 1.29 is 4.79 Å². The number of aromatic amines is 1. The van der Waals surface area contributed by atoms with Gasteiger partial charge in [0, 0.05) is 12.7 Å². The number of hydrogen-bond donors (Lipinski definition) is 3. The van der Waals surface area contributed by atoms with Crippen molar-refractivity contribution in [3.8, 4) is 0 Å². The Morgan fingerprint density at radius 2 is 2.50 bits per heavy atom. The smallest absolute Gasteiger partial charge is 0.227 e. The maximum absolute atomic E-state index is 12.0. The van der Waals surface area contributed by atoms with Crippen LogP contribution in [0.15, 0.2) is 12.5 Å². The first kappa shape index (κ1) is 11.1. The molecule has 2 rings (SSSR count). The molecule has 5 nitrogen and oxygen atoms in total. The molecule has 0 aromatic carbocycles. The summed E-state index contributed by atoms with van der Waals surface area (Å²) in [5.74, 6) is 0.684. The number of carbonyl (C=O) groups excluding carboxylic acids is 1. The molecule has 4 N–H and O–H groups in total. The van der Waals surface area contributed by atoms with E-state index in [-0.39, 0.29) is 11.3 Å².